The van der Waals surface area contributed by atoms with Crippen molar-refractivity contribution in [3.05, 3.63) is 35.6 Å². The van der Waals surface area contributed by atoms with Crippen LogP contribution in [0.2, 0.25) is 0 Å². The number of aliphatic imine (C=N–C) groups is 1. The van der Waals surface area contributed by atoms with E-state index >= 15 is 0 Å². The molecule has 0 heterocycles. The average molecular weight is 336 g/mol. The highest BCUT2D eigenvalue weighted by Gasteiger charge is 2.06. The Hall–Kier alpha value is -1.62. The third kappa shape index (κ3) is 8.29. The van der Waals surface area contributed by atoms with Crippen LogP contribution in [-0.4, -0.2) is 50.1 Å². The summed E-state index contributed by atoms with van der Waals surface area (Å²) in [6.07, 6.45) is 3.06. The molecule has 0 aliphatic rings. The molecule has 4 nitrogen and oxygen atoms in total. The van der Waals surface area contributed by atoms with Gasteiger partial charge in [0.25, 0.3) is 0 Å². The molecule has 1 atom stereocenters. The van der Waals surface area contributed by atoms with Gasteiger partial charge in [0.15, 0.2) is 5.96 Å². The molecule has 0 radical (unpaired) electrons. The predicted molar refractivity (Wildman–Crippen MR) is 101 cm³/mol. The van der Waals surface area contributed by atoms with Gasteiger partial charge in [-0.3, -0.25) is 4.99 Å². The Kier molecular flexibility index (Phi) is 10.1. The summed E-state index contributed by atoms with van der Waals surface area (Å²) >= 11 is 0. The Bertz CT molecular complexity index is 486. The van der Waals surface area contributed by atoms with Crippen LogP contribution < -0.4 is 10.6 Å². The molecule has 0 fully saturated rings. The first-order valence-electron chi connectivity index (χ1n) is 9.03. The topological polar surface area (TPSA) is 39.7 Å². The molecule has 0 amide bonds. The molecule has 1 unspecified atom stereocenters. The van der Waals surface area contributed by atoms with Crippen LogP contribution in [0.25, 0.3) is 0 Å². The van der Waals surface area contributed by atoms with Crippen LogP contribution in [0.5, 0.6) is 0 Å². The van der Waals surface area contributed by atoms with E-state index in [0.29, 0.717) is 6.04 Å². The Morgan fingerprint density at radius 3 is 2.67 bits per heavy atom. The normalized spacial score (nSPS) is 13.2. The van der Waals surface area contributed by atoms with Gasteiger partial charge in [-0.2, -0.15) is 0 Å². The van der Waals surface area contributed by atoms with Crippen LogP contribution in [0.1, 0.15) is 39.2 Å². The molecule has 0 saturated carbocycles. The second-order valence-electron chi connectivity index (χ2n) is 6.09. The van der Waals surface area contributed by atoms with Crippen LogP contribution in [0.3, 0.4) is 0 Å². The molecule has 0 aliphatic carbocycles. The van der Waals surface area contributed by atoms with Crippen molar-refractivity contribution in [2.24, 2.45) is 4.99 Å². The summed E-state index contributed by atoms with van der Waals surface area (Å²) in [5.74, 6) is 0.624. The SMILES string of the molecule is CCN(CC)CCCC(C)NC(=NC)NCCc1cccc(F)c1. The Balaban J connectivity index is 2.26. The number of rotatable bonds is 10. The first kappa shape index (κ1) is 20.4. The summed E-state index contributed by atoms with van der Waals surface area (Å²) in [5, 5.41) is 6.72. The lowest BCUT2D eigenvalue weighted by atomic mass is 10.1. The molecule has 136 valence electrons. The fourth-order valence-electron chi connectivity index (χ4n) is 2.68. The number of benzene rings is 1. The first-order valence-corrected chi connectivity index (χ1v) is 9.03. The molecule has 5 heteroatoms. The molecular formula is C19H33FN4. The highest BCUT2D eigenvalue weighted by molar-refractivity contribution is 5.79. The quantitative estimate of drug-likeness (QED) is 0.510. The van der Waals surface area contributed by atoms with Gasteiger partial charge in [-0.05, 0) is 63.5 Å². The third-order valence-electron chi connectivity index (χ3n) is 4.21. The van der Waals surface area contributed by atoms with Gasteiger partial charge < -0.3 is 15.5 Å². The summed E-state index contributed by atoms with van der Waals surface area (Å²) < 4.78 is 13.2. The number of halogens is 1. The van der Waals surface area contributed by atoms with Crippen molar-refractivity contribution < 1.29 is 4.39 Å². The van der Waals surface area contributed by atoms with Crippen molar-refractivity contribution in [3.63, 3.8) is 0 Å². The zero-order chi connectivity index (χ0) is 17.8. The van der Waals surface area contributed by atoms with E-state index in [9.17, 15) is 4.39 Å². The summed E-state index contributed by atoms with van der Waals surface area (Å²) in [4.78, 5) is 6.71. The molecular weight excluding hydrogens is 303 g/mol. The van der Waals surface area contributed by atoms with E-state index in [1.165, 1.54) is 12.5 Å². The highest BCUT2D eigenvalue weighted by atomic mass is 19.1. The van der Waals surface area contributed by atoms with Gasteiger partial charge in [0.05, 0.1) is 0 Å². The molecule has 1 aromatic carbocycles. The summed E-state index contributed by atoms with van der Waals surface area (Å²) in [5.41, 5.74) is 0.991. The Morgan fingerprint density at radius 2 is 2.04 bits per heavy atom. The third-order valence-corrected chi connectivity index (χ3v) is 4.21. The minimum Gasteiger partial charge on any atom is -0.356 e. The van der Waals surface area contributed by atoms with E-state index in [4.69, 9.17) is 0 Å². The monoisotopic (exact) mass is 336 g/mol. The number of guanidine groups is 1. The molecule has 24 heavy (non-hydrogen) atoms. The average Bonchev–Trinajstić information content (AvgIpc) is 2.58. The maximum absolute atomic E-state index is 13.2. The van der Waals surface area contributed by atoms with Gasteiger partial charge in [0.1, 0.15) is 5.82 Å². The maximum Gasteiger partial charge on any atom is 0.191 e. The Labute approximate surface area is 146 Å². The molecule has 1 rings (SSSR count). The zero-order valence-electron chi connectivity index (χ0n) is 15.6. The van der Waals surface area contributed by atoms with Crippen molar-refractivity contribution in [3.8, 4) is 0 Å². The number of hydrogen-bond donors (Lipinski definition) is 2. The number of nitrogens with zero attached hydrogens (tertiary/aromatic N) is 2. The smallest absolute Gasteiger partial charge is 0.191 e. The van der Waals surface area contributed by atoms with Gasteiger partial charge in [-0.1, -0.05) is 26.0 Å². The van der Waals surface area contributed by atoms with Crippen LogP contribution in [0, 0.1) is 5.82 Å². The van der Waals surface area contributed by atoms with E-state index in [0.717, 1.165) is 50.5 Å². The van der Waals surface area contributed by atoms with Crippen LogP contribution in [0.4, 0.5) is 4.39 Å². The fraction of sp³-hybridized carbons (Fsp3) is 0.632. The van der Waals surface area contributed by atoms with Gasteiger partial charge in [0, 0.05) is 19.6 Å². The van der Waals surface area contributed by atoms with Gasteiger partial charge in [-0.25, -0.2) is 4.39 Å². The number of nitrogens with one attached hydrogen (secondary N) is 2. The van der Waals surface area contributed by atoms with Crippen LogP contribution >= 0.6 is 0 Å². The van der Waals surface area contributed by atoms with Gasteiger partial charge in [0.2, 0.25) is 0 Å². The largest absolute Gasteiger partial charge is 0.356 e. The summed E-state index contributed by atoms with van der Waals surface area (Å²) in [6.45, 7) is 10.7. The lowest BCUT2D eigenvalue weighted by molar-refractivity contribution is 0.292. The minimum atomic E-state index is -0.183. The van der Waals surface area contributed by atoms with Gasteiger partial charge >= 0.3 is 0 Å². The molecule has 1 aromatic rings. The minimum absolute atomic E-state index is 0.183. The molecule has 0 aliphatic heterocycles. The maximum atomic E-state index is 13.2. The lowest BCUT2D eigenvalue weighted by Gasteiger charge is -2.21. The van der Waals surface area contributed by atoms with Crippen molar-refractivity contribution in [1.29, 1.82) is 0 Å². The predicted octanol–water partition coefficient (Wildman–Crippen LogP) is 3.04. The Morgan fingerprint density at radius 1 is 1.29 bits per heavy atom. The molecule has 0 saturated heterocycles. The van der Waals surface area contributed by atoms with Gasteiger partial charge in [-0.15, -0.1) is 0 Å². The zero-order valence-corrected chi connectivity index (χ0v) is 15.6. The van der Waals surface area contributed by atoms with Crippen LogP contribution in [-0.2, 0) is 6.42 Å². The molecule has 0 aromatic heterocycles. The summed E-state index contributed by atoms with van der Waals surface area (Å²) in [6, 6.07) is 7.11. The van der Waals surface area contributed by atoms with E-state index < -0.39 is 0 Å². The van der Waals surface area contributed by atoms with E-state index in [1.54, 1.807) is 19.2 Å². The number of hydrogen-bond acceptors (Lipinski definition) is 2. The van der Waals surface area contributed by atoms with Crippen molar-refractivity contribution in [1.82, 2.24) is 15.5 Å². The second kappa shape index (κ2) is 11.8. The van der Waals surface area contributed by atoms with E-state index in [-0.39, 0.29) is 5.82 Å². The van der Waals surface area contributed by atoms with Crippen LogP contribution in [0.15, 0.2) is 29.3 Å². The van der Waals surface area contributed by atoms with Crippen molar-refractivity contribution in [2.75, 3.05) is 33.2 Å². The standard InChI is InChI=1S/C19H33FN4/c1-5-24(6-2)14-8-9-16(3)23-19(21-4)22-13-12-17-10-7-11-18(20)15-17/h7,10-11,15-16H,5-6,8-9,12-14H2,1-4H3,(H2,21,22,23). The van der Waals surface area contributed by atoms with E-state index in [2.05, 4.69) is 41.3 Å². The second-order valence-corrected chi connectivity index (χ2v) is 6.09. The van der Waals surface area contributed by atoms with Crippen molar-refractivity contribution in [2.45, 2.75) is 46.1 Å². The molecule has 2 N–H and O–H groups in total. The lowest BCUT2D eigenvalue weighted by Crippen LogP contribution is -2.43. The van der Waals surface area contributed by atoms with E-state index in [1.807, 2.05) is 6.07 Å². The molecule has 0 bridgehead atoms. The van der Waals surface area contributed by atoms with Crippen molar-refractivity contribution >= 4 is 5.96 Å². The molecule has 0 spiro atoms. The first-order chi connectivity index (χ1) is 11.6. The summed E-state index contributed by atoms with van der Waals surface area (Å²) in [7, 11) is 1.78. The fourth-order valence-corrected chi connectivity index (χ4v) is 2.68. The highest BCUT2D eigenvalue weighted by Crippen LogP contribution is 2.03.